The first-order valence-electron chi connectivity index (χ1n) is 6.97. The van der Waals surface area contributed by atoms with Crippen LogP contribution in [-0.4, -0.2) is 28.4 Å². The Labute approximate surface area is 132 Å². The number of benzene rings is 1. The zero-order valence-electron chi connectivity index (χ0n) is 11.3. The van der Waals surface area contributed by atoms with Gasteiger partial charge in [0, 0.05) is 6.54 Å². The van der Waals surface area contributed by atoms with E-state index in [9.17, 15) is 9.59 Å². The molecule has 112 valence electrons. The van der Waals surface area contributed by atoms with E-state index in [1.807, 2.05) is 6.07 Å². The summed E-state index contributed by atoms with van der Waals surface area (Å²) in [4.78, 5) is 25.2. The van der Waals surface area contributed by atoms with Crippen molar-refractivity contribution in [2.45, 2.75) is 25.3 Å². The number of halogens is 2. The van der Waals surface area contributed by atoms with Crippen molar-refractivity contribution in [1.82, 2.24) is 4.90 Å². The number of likely N-dealkylation sites (tertiary alicyclic amines) is 1. The highest BCUT2D eigenvalue weighted by atomic mass is 35.5. The Balaban J connectivity index is 1.78. The van der Waals surface area contributed by atoms with Crippen LogP contribution in [0.1, 0.15) is 30.9 Å². The van der Waals surface area contributed by atoms with Gasteiger partial charge in [-0.2, -0.15) is 0 Å². The summed E-state index contributed by atoms with van der Waals surface area (Å²) >= 11 is 12.0. The van der Waals surface area contributed by atoms with Crippen LogP contribution < -0.4 is 0 Å². The predicted molar refractivity (Wildman–Crippen MR) is 79.4 cm³/mol. The van der Waals surface area contributed by atoms with Gasteiger partial charge in [0.05, 0.1) is 27.9 Å². The van der Waals surface area contributed by atoms with Crippen LogP contribution in [0.3, 0.4) is 0 Å². The highest BCUT2D eigenvalue weighted by Gasteiger charge is 2.51. The summed E-state index contributed by atoms with van der Waals surface area (Å²) in [5.41, 5.74) is 0.961. The fourth-order valence-electron chi connectivity index (χ4n) is 3.05. The molecule has 1 aromatic rings. The summed E-state index contributed by atoms with van der Waals surface area (Å²) in [5, 5.41) is 9.93. The normalized spacial score (nSPS) is 27.7. The minimum absolute atomic E-state index is 0.0256. The van der Waals surface area contributed by atoms with Crippen molar-refractivity contribution >= 4 is 35.1 Å². The number of carbonyl (C=O) groups is 2. The standard InChI is InChI=1S/C15H15Cl2NO3/c16-11-4-3-8(6-12(11)17)13-2-1-5-18(13)14(19)9-7-10(9)15(20)21/h3-4,6,9-10,13H,1-2,5,7H2,(H,20,21)/t9-,10+,13?/m1/s1. The topological polar surface area (TPSA) is 57.6 Å². The lowest BCUT2D eigenvalue weighted by atomic mass is 10.0. The number of carboxylic acids is 1. The van der Waals surface area contributed by atoms with Gasteiger partial charge in [0.2, 0.25) is 5.91 Å². The second-order valence-corrected chi connectivity index (χ2v) is 6.46. The van der Waals surface area contributed by atoms with Crippen molar-refractivity contribution in [2.75, 3.05) is 6.54 Å². The minimum Gasteiger partial charge on any atom is -0.481 e. The van der Waals surface area contributed by atoms with Crippen LogP contribution in [0.25, 0.3) is 0 Å². The Morgan fingerprint density at radius 1 is 1.19 bits per heavy atom. The molecule has 0 radical (unpaired) electrons. The van der Waals surface area contributed by atoms with Gasteiger partial charge in [-0.1, -0.05) is 29.3 Å². The van der Waals surface area contributed by atoms with Crippen molar-refractivity contribution in [1.29, 1.82) is 0 Å². The zero-order valence-corrected chi connectivity index (χ0v) is 12.8. The van der Waals surface area contributed by atoms with E-state index in [1.54, 1.807) is 17.0 Å². The Kier molecular flexibility index (Phi) is 3.84. The fraction of sp³-hybridized carbons (Fsp3) is 0.467. The van der Waals surface area contributed by atoms with E-state index in [-0.39, 0.29) is 17.9 Å². The minimum atomic E-state index is -0.876. The molecular formula is C15H15Cl2NO3. The van der Waals surface area contributed by atoms with Crippen molar-refractivity contribution in [3.63, 3.8) is 0 Å². The van der Waals surface area contributed by atoms with Crippen LogP contribution in [-0.2, 0) is 9.59 Å². The maximum absolute atomic E-state index is 12.5. The Bertz CT molecular complexity index is 605. The Hall–Kier alpha value is -1.26. The van der Waals surface area contributed by atoms with Crippen LogP contribution >= 0.6 is 23.2 Å². The number of amides is 1. The predicted octanol–water partition coefficient (Wildman–Crippen LogP) is 3.38. The number of rotatable bonds is 3. The summed E-state index contributed by atoms with van der Waals surface area (Å²) < 4.78 is 0. The molecule has 0 bridgehead atoms. The molecule has 1 saturated carbocycles. The second kappa shape index (κ2) is 5.50. The van der Waals surface area contributed by atoms with Gasteiger partial charge >= 0.3 is 5.97 Å². The maximum Gasteiger partial charge on any atom is 0.307 e. The van der Waals surface area contributed by atoms with Crippen LogP contribution in [0.2, 0.25) is 10.0 Å². The maximum atomic E-state index is 12.5. The molecule has 4 nitrogen and oxygen atoms in total. The van der Waals surface area contributed by atoms with Crippen LogP contribution in [0.4, 0.5) is 0 Å². The van der Waals surface area contributed by atoms with Gasteiger partial charge in [-0.05, 0) is 37.0 Å². The molecule has 3 rings (SSSR count). The van der Waals surface area contributed by atoms with E-state index < -0.39 is 11.9 Å². The number of aliphatic carboxylic acids is 1. The van der Waals surface area contributed by atoms with E-state index in [2.05, 4.69) is 0 Å². The van der Waals surface area contributed by atoms with E-state index in [0.29, 0.717) is 23.0 Å². The third kappa shape index (κ3) is 2.74. The highest BCUT2D eigenvalue weighted by Crippen LogP contribution is 2.44. The molecule has 0 spiro atoms. The number of hydrogen-bond donors (Lipinski definition) is 1. The van der Waals surface area contributed by atoms with Crippen molar-refractivity contribution < 1.29 is 14.7 Å². The van der Waals surface area contributed by atoms with E-state index in [4.69, 9.17) is 28.3 Å². The van der Waals surface area contributed by atoms with E-state index in [0.717, 1.165) is 18.4 Å². The number of hydrogen-bond acceptors (Lipinski definition) is 2. The van der Waals surface area contributed by atoms with Crippen molar-refractivity contribution in [3.8, 4) is 0 Å². The third-order valence-corrected chi connectivity index (χ3v) is 5.03. The lowest BCUT2D eigenvalue weighted by Crippen LogP contribution is -2.32. The lowest BCUT2D eigenvalue weighted by molar-refractivity contribution is -0.142. The molecule has 21 heavy (non-hydrogen) atoms. The molecule has 3 atom stereocenters. The second-order valence-electron chi connectivity index (χ2n) is 5.65. The molecule has 2 fully saturated rings. The monoisotopic (exact) mass is 327 g/mol. The van der Waals surface area contributed by atoms with Crippen molar-refractivity contribution in [2.24, 2.45) is 11.8 Å². The first kappa shape index (κ1) is 14.7. The average Bonchev–Trinajstić information content (AvgIpc) is 3.11. The number of carboxylic acid groups (broad SMARTS) is 1. The highest BCUT2D eigenvalue weighted by molar-refractivity contribution is 6.42. The van der Waals surface area contributed by atoms with Gasteiger partial charge in [0.25, 0.3) is 0 Å². The molecule has 1 aliphatic carbocycles. The molecule has 1 heterocycles. The zero-order chi connectivity index (χ0) is 15.1. The van der Waals surface area contributed by atoms with Gasteiger partial charge in [-0.3, -0.25) is 9.59 Å². The van der Waals surface area contributed by atoms with Gasteiger partial charge in [0.15, 0.2) is 0 Å². The molecule has 1 unspecified atom stereocenters. The molecule has 0 aromatic heterocycles. The third-order valence-electron chi connectivity index (χ3n) is 4.29. The molecule has 6 heteroatoms. The Morgan fingerprint density at radius 2 is 1.95 bits per heavy atom. The van der Waals surface area contributed by atoms with Gasteiger partial charge in [0.1, 0.15) is 0 Å². The molecule has 1 aromatic carbocycles. The summed E-state index contributed by atoms with van der Waals surface area (Å²) in [6, 6.07) is 5.38. The molecular weight excluding hydrogens is 313 g/mol. The SMILES string of the molecule is O=C(O)[C@H]1C[C@H]1C(=O)N1CCCC1c1ccc(Cl)c(Cl)c1. The molecule has 1 saturated heterocycles. The van der Waals surface area contributed by atoms with Crippen molar-refractivity contribution in [3.05, 3.63) is 33.8 Å². The summed E-state index contributed by atoms with van der Waals surface area (Å²) in [6.07, 6.45) is 2.24. The smallest absolute Gasteiger partial charge is 0.307 e. The van der Waals surface area contributed by atoms with E-state index >= 15 is 0 Å². The molecule has 1 aliphatic heterocycles. The summed E-state index contributed by atoms with van der Waals surface area (Å²) in [7, 11) is 0. The van der Waals surface area contributed by atoms with Crippen LogP contribution in [0.15, 0.2) is 18.2 Å². The van der Waals surface area contributed by atoms with Gasteiger partial charge in [-0.15, -0.1) is 0 Å². The van der Waals surface area contributed by atoms with Crippen LogP contribution in [0.5, 0.6) is 0 Å². The molecule has 2 aliphatic rings. The number of nitrogens with zero attached hydrogens (tertiary/aromatic N) is 1. The molecule has 1 N–H and O–H groups in total. The summed E-state index contributed by atoms with van der Waals surface area (Å²) in [6.45, 7) is 0.673. The first-order valence-corrected chi connectivity index (χ1v) is 7.73. The summed E-state index contributed by atoms with van der Waals surface area (Å²) in [5.74, 6) is -1.78. The van der Waals surface area contributed by atoms with Crippen LogP contribution in [0, 0.1) is 11.8 Å². The van der Waals surface area contributed by atoms with Gasteiger partial charge < -0.3 is 10.0 Å². The Morgan fingerprint density at radius 3 is 2.57 bits per heavy atom. The largest absolute Gasteiger partial charge is 0.481 e. The van der Waals surface area contributed by atoms with E-state index in [1.165, 1.54) is 0 Å². The number of carbonyl (C=O) groups excluding carboxylic acids is 1. The first-order chi connectivity index (χ1) is 9.99. The molecule has 1 amide bonds. The average molecular weight is 328 g/mol. The fourth-order valence-corrected chi connectivity index (χ4v) is 3.36. The van der Waals surface area contributed by atoms with Gasteiger partial charge in [-0.25, -0.2) is 0 Å². The lowest BCUT2D eigenvalue weighted by Gasteiger charge is -2.25. The quantitative estimate of drug-likeness (QED) is 0.925.